The lowest BCUT2D eigenvalue weighted by molar-refractivity contribution is -0.384. The van der Waals surface area contributed by atoms with E-state index in [-0.39, 0.29) is 39.2 Å². The van der Waals surface area contributed by atoms with Crippen LogP contribution in [0.4, 0.5) is 5.69 Å². The number of allylic oxidation sites excluding steroid dienone is 1. The van der Waals surface area contributed by atoms with Crippen molar-refractivity contribution in [3.05, 3.63) is 85.6 Å². The number of amides is 1. The van der Waals surface area contributed by atoms with E-state index in [4.69, 9.17) is 16.3 Å². The molecule has 0 radical (unpaired) electrons. The maximum Gasteiger partial charge on any atom is 0.344 e. The number of nitrogens with zero attached hydrogens (tertiary/aromatic N) is 3. The van der Waals surface area contributed by atoms with E-state index >= 15 is 0 Å². The first-order chi connectivity index (χ1) is 15.4. The molecule has 0 fully saturated rings. The number of fused-ring (bicyclic) bond motifs is 1. The van der Waals surface area contributed by atoms with Gasteiger partial charge in [-0.1, -0.05) is 35.9 Å². The third-order valence-corrected chi connectivity index (χ3v) is 4.77. The molecule has 170 valence electrons. The second kappa shape index (κ2) is 8.95. The predicted molar refractivity (Wildman–Crippen MR) is 123 cm³/mol. The molecule has 10 heteroatoms. The van der Waals surface area contributed by atoms with E-state index in [1.165, 1.54) is 19.1 Å². The molecule has 0 saturated carbocycles. The second-order valence-electron chi connectivity index (χ2n) is 8.13. The third-order valence-electron chi connectivity index (χ3n) is 4.44. The Morgan fingerprint density at radius 1 is 1.15 bits per heavy atom. The maximum atomic E-state index is 12.8. The van der Waals surface area contributed by atoms with E-state index in [0.29, 0.717) is 11.1 Å². The average Bonchev–Trinajstić information content (AvgIpc) is 3.04. The smallest absolute Gasteiger partial charge is 0.344 e. The van der Waals surface area contributed by atoms with Crippen LogP contribution in [0.1, 0.15) is 49.2 Å². The summed E-state index contributed by atoms with van der Waals surface area (Å²) in [5.74, 6) is -1.98. The summed E-state index contributed by atoms with van der Waals surface area (Å²) in [6.45, 7) is 6.39. The maximum absolute atomic E-state index is 12.8. The molecule has 0 unspecified atom stereocenters. The van der Waals surface area contributed by atoms with Crippen LogP contribution in [0, 0.1) is 10.1 Å². The second-order valence-corrected chi connectivity index (χ2v) is 8.54. The lowest BCUT2D eigenvalue weighted by Crippen LogP contribution is -2.28. The Morgan fingerprint density at radius 3 is 2.36 bits per heavy atom. The number of non-ortho nitro benzene ring substituents is 1. The van der Waals surface area contributed by atoms with Crippen LogP contribution in [0.25, 0.3) is 0 Å². The van der Waals surface area contributed by atoms with Gasteiger partial charge in [-0.05, 0) is 33.8 Å². The van der Waals surface area contributed by atoms with Crippen LogP contribution in [-0.4, -0.2) is 39.1 Å². The van der Waals surface area contributed by atoms with Gasteiger partial charge in [0.2, 0.25) is 0 Å². The van der Waals surface area contributed by atoms with Crippen molar-refractivity contribution in [1.82, 2.24) is 0 Å². The normalized spacial score (nSPS) is 14.9. The first kappa shape index (κ1) is 23.8. The van der Waals surface area contributed by atoms with E-state index in [0.717, 1.165) is 6.07 Å². The van der Waals surface area contributed by atoms with Gasteiger partial charge in [0.05, 0.1) is 21.2 Å². The number of carbonyl (C=O) groups is 2. The summed E-state index contributed by atoms with van der Waals surface area (Å²) in [6, 6.07) is 10.2. The van der Waals surface area contributed by atoms with Crippen molar-refractivity contribution in [2.24, 2.45) is 9.98 Å². The summed E-state index contributed by atoms with van der Waals surface area (Å²) < 4.78 is 5.40. The molecule has 1 aliphatic heterocycles. The van der Waals surface area contributed by atoms with Crippen LogP contribution in [0.2, 0.25) is 5.02 Å². The van der Waals surface area contributed by atoms with Crippen molar-refractivity contribution >= 4 is 40.7 Å². The molecule has 2 aromatic carbocycles. The van der Waals surface area contributed by atoms with E-state index in [9.17, 15) is 24.8 Å². The molecule has 0 bridgehead atoms. The number of amidine groups is 1. The van der Waals surface area contributed by atoms with Gasteiger partial charge < -0.3 is 9.84 Å². The molecule has 0 atom stereocenters. The Hall–Kier alpha value is -3.85. The number of ether oxygens (including phenoxy) is 1. The summed E-state index contributed by atoms with van der Waals surface area (Å²) in [7, 11) is 0. The minimum atomic E-state index is -0.845. The SMILES string of the molecule is C/C(O)=C(/C(=O)OC(C)(C)C)C1=NC(=NC(=O)c2cc([N+](=O)[O-])ccc2Cl)c2ccccc21. The van der Waals surface area contributed by atoms with Gasteiger partial charge in [0.15, 0.2) is 5.84 Å². The monoisotopic (exact) mass is 469 g/mol. The number of aliphatic hydroxyl groups is 1. The van der Waals surface area contributed by atoms with E-state index in [1.54, 1.807) is 45.0 Å². The van der Waals surface area contributed by atoms with Gasteiger partial charge >= 0.3 is 5.97 Å². The first-order valence-corrected chi connectivity index (χ1v) is 10.2. The molecule has 0 saturated heterocycles. The van der Waals surface area contributed by atoms with Crippen molar-refractivity contribution in [3.8, 4) is 0 Å². The molecule has 1 aliphatic rings. The molecule has 9 nitrogen and oxygen atoms in total. The zero-order chi connectivity index (χ0) is 24.5. The predicted octanol–water partition coefficient (Wildman–Crippen LogP) is 4.81. The van der Waals surface area contributed by atoms with Gasteiger partial charge in [0, 0.05) is 23.3 Å². The van der Waals surface area contributed by atoms with Crippen LogP contribution in [0.3, 0.4) is 0 Å². The fourth-order valence-electron chi connectivity index (χ4n) is 3.08. The summed E-state index contributed by atoms with van der Waals surface area (Å²) >= 11 is 6.05. The Morgan fingerprint density at radius 2 is 1.79 bits per heavy atom. The lowest BCUT2D eigenvalue weighted by atomic mass is 9.99. The number of nitro benzene ring substituents is 1. The number of hydrogen-bond donors (Lipinski definition) is 1. The third kappa shape index (κ3) is 5.15. The summed E-state index contributed by atoms with van der Waals surface area (Å²) in [5, 5.41) is 21.3. The zero-order valence-electron chi connectivity index (χ0n) is 18.2. The molecule has 0 spiro atoms. The molecule has 1 amide bonds. The molecular weight excluding hydrogens is 450 g/mol. The van der Waals surface area contributed by atoms with Gasteiger partial charge in [-0.3, -0.25) is 14.9 Å². The molecule has 33 heavy (non-hydrogen) atoms. The number of carbonyl (C=O) groups excluding carboxylic acids is 2. The summed E-state index contributed by atoms with van der Waals surface area (Å²) in [4.78, 5) is 44.4. The summed E-state index contributed by atoms with van der Waals surface area (Å²) in [6.07, 6.45) is 0. The highest BCUT2D eigenvalue weighted by atomic mass is 35.5. The van der Waals surface area contributed by atoms with Gasteiger partial charge in [-0.15, -0.1) is 0 Å². The Bertz CT molecular complexity index is 1270. The van der Waals surface area contributed by atoms with Crippen LogP contribution >= 0.6 is 11.6 Å². The van der Waals surface area contributed by atoms with Crippen molar-refractivity contribution in [3.63, 3.8) is 0 Å². The number of aliphatic imine (C=N–C) groups is 2. The van der Waals surface area contributed by atoms with Gasteiger partial charge in [-0.25, -0.2) is 9.79 Å². The zero-order valence-corrected chi connectivity index (χ0v) is 19.0. The molecule has 0 aromatic heterocycles. The molecule has 3 rings (SSSR count). The average molecular weight is 470 g/mol. The van der Waals surface area contributed by atoms with Crippen molar-refractivity contribution < 1.29 is 24.4 Å². The van der Waals surface area contributed by atoms with E-state index < -0.39 is 22.4 Å². The number of halogens is 1. The molecule has 2 aromatic rings. The number of rotatable bonds is 4. The quantitative estimate of drug-likeness (QED) is 0.224. The number of hydrogen-bond acceptors (Lipinski definition) is 6. The molecule has 1 heterocycles. The molecular formula is C23H20ClN3O6. The van der Waals surface area contributed by atoms with Crippen molar-refractivity contribution in [2.45, 2.75) is 33.3 Å². The Kier molecular flexibility index (Phi) is 6.46. The number of esters is 1. The van der Waals surface area contributed by atoms with Crippen LogP contribution < -0.4 is 0 Å². The summed E-state index contributed by atoms with van der Waals surface area (Å²) in [5.41, 5.74) is -0.471. The Balaban J connectivity index is 2.11. The molecule has 0 aliphatic carbocycles. The highest BCUT2D eigenvalue weighted by Crippen LogP contribution is 2.28. The van der Waals surface area contributed by atoms with Crippen LogP contribution in [0.15, 0.2) is 63.8 Å². The Labute approximate surface area is 194 Å². The fourth-order valence-corrected chi connectivity index (χ4v) is 3.28. The first-order valence-electron chi connectivity index (χ1n) is 9.78. The van der Waals surface area contributed by atoms with Gasteiger partial charge in [0.1, 0.15) is 16.9 Å². The van der Waals surface area contributed by atoms with E-state index in [1.807, 2.05) is 0 Å². The molecule has 1 N–H and O–H groups in total. The van der Waals surface area contributed by atoms with Gasteiger partial charge in [0.25, 0.3) is 11.6 Å². The lowest BCUT2D eigenvalue weighted by Gasteiger charge is -2.21. The van der Waals surface area contributed by atoms with Crippen LogP contribution in [0.5, 0.6) is 0 Å². The van der Waals surface area contributed by atoms with Gasteiger partial charge in [-0.2, -0.15) is 4.99 Å². The van der Waals surface area contributed by atoms with Crippen LogP contribution in [-0.2, 0) is 9.53 Å². The minimum Gasteiger partial charge on any atom is -0.512 e. The number of aliphatic hydroxyl groups excluding tert-OH is 1. The highest BCUT2D eigenvalue weighted by molar-refractivity contribution is 6.37. The standard InChI is InChI=1S/C23H20ClN3O6/c1-12(28)18(22(30)33-23(2,3)4)19-14-7-5-6-8-15(14)20(25-19)26-21(29)16-11-13(27(31)32)9-10-17(16)24/h5-11,28H,1-4H3/b18-12-,26-20?. The van der Waals surface area contributed by atoms with Crippen molar-refractivity contribution in [2.75, 3.05) is 0 Å². The highest BCUT2D eigenvalue weighted by Gasteiger charge is 2.32. The topological polar surface area (TPSA) is 131 Å². The van der Waals surface area contributed by atoms with Crippen molar-refractivity contribution in [1.29, 1.82) is 0 Å². The largest absolute Gasteiger partial charge is 0.512 e. The fraction of sp³-hybridized carbons (Fsp3) is 0.217. The number of nitro groups is 1. The number of benzene rings is 2. The minimum absolute atomic E-state index is 0.00835. The van der Waals surface area contributed by atoms with E-state index in [2.05, 4.69) is 9.98 Å².